The SMILES string of the molecule is CC(CCc1cccn1C)Nc1cnn(C)c(=O)c1Cl. The van der Waals surface area contributed by atoms with Gasteiger partial charge < -0.3 is 9.88 Å². The van der Waals surface area contributed by atoms with Crippen LogP contribution >= 0.6 is 11.6 Å². The maximum Gasteiger partial charge on any atom is 0.287 e. The maximum absolute atomic E-state index is 11.7. The second kappa shape index (κ2) is 6.13. The van der Waals surface area contributed by atoms with Gasteiger partial charge in [0.05, 0.1) is 11.9 Å². The molecule has 6 heteroatoms. The lowest BCUT2D eigenvalue weighted by Crippen LogP contribution is -2.24. The quantitative estimate of drug-likeness (QED) is 0.920. The molecule has 2 rings (SSSR count). The van der Waals surface area contributed by atoms with E-state index in [1.165, 1.54) is 10.4 Å². The summed E-state index contributed by atoms with van der Waals surface area (Å²) in [6.07, 6.45) is 5.54. The second-order valence-corrected chi connectivity index (χ2v) is 5.37. The molecule has 0 bridgehead atoms. The first-order valence-electron chi connectivity index (χ1n) is 6.57. The lowest BCUT2D eigenvalue weighted by molar-refractivity contribution is 0.669. The van der Waals surface area contributed by atoms with Crippen molar-refractivity contribution in [3.05, 3.63) is 45.6 Å². The molecule has 0 amide bonds. The molecule has 20 heavy (non-hydrogen) atoms. The topological polar surface area (TPSA) is 51.9 Å². The summed E-state index contributed by atoms with van der Waals surface area (Å²) in [6.45, 7) is 2.07. The van der Waals surface area contributed by atoms with Gasteiger partial charge in [-0.15, -0.1) is 0 Å². The van der Waals surface area contributed by atoms with E-state index in [2.05, 4.69) is 28.0 Å². The standard InChI is InChI=1S/C14H19ClN4O/c1-10(6-7-11-5-4-8-18(11)2)17-12-9-16-19(3)14(20)13(12)15/h4-5,8-10,17H,6-7H2,1-3H3. The summed E-state index contributed by atoms with van der Waals surface area (Å²) in [4.78, 5) is 11.7. The van der Waals surface area contributed by atoms with Crippen LogP contribution < -0.4 is 10.9 Å². The number of anilines is 1. The molecular weight excluding hydrogens is 276 g/mol. The molecule has 1 unspecified atom stereocenters. The summed E-state index contributed by atoms with van der Waals surface area (Å²) in [5.74, 6) is 0. The summed E-state index contributed by atoms with van der Waals surface area (Å²) in [5, 5.41) is 7.40. The zero-order valence-electron chi connectivity index (χ0n) is 11.9. The van der Waals surface area contributed by atoms with Crippen molar-refractivity contribution in [1.29, 1.82) is 0 Å². The third-order valence-electron chi connectivity index (χ3n) is 3.36. The van der Waals surface area contributed by atoms with Crippen molar-refractivity contribution in [2.24, 2.45) is 14.1 Å². The van der Waals surface area contributed by atoms with Crippen LogP contribution in [0.3, 0.4) is 0 Å². The van der Waals surface area contributed by atoms with Crippen molar-refractivity contribution in [2.75, 3.05) is 5.32 Å². The molecular formula is C14H19ClN4O. The first kappa shape index (κ1) is 14.7. The van der Waals surface area contributed by atoms with Gasteiger partial charge in [0, 0.05) is 32.0 Å². The van der Waals surface area contributed by atoms with Crippen LogP contribution in [0.4, 0.5) is 5.69 Å². The van der Waals surface area contributed by atoms with Crippen LogP contribution in [-0.4, -0.2) is 20.4 Å². The van der Waals surface area contributed by atoms with E-state index in [1.54, 1.807) is 13.2 Å². The highest BCUT2D eigenvalue weighted by Crippen LogP contribution is 2.17. The van der Waals surface area contributed by atoms with E-state index >= 15 is 0 Å². The Morgan fingerprint density at radius 1 is 1.45 bits per heavy atom. The third-order valence-corrected chi connectivity index (χ3v) is 3.73. The van der Waals surface area contributed by atoms with Gasteiger partial charge in [-0.3, -0.25) is 4.79 Å². The lowest BCUT2D eigenvalue weighted by atomic mass is 10.1. The normalized spacial score (nSPS) is 12.4. The molecule has 0 saturated carbocycles. The minimum Gasteiger partial charge on any atom is -0.380 e. The second-order valence-electron chi connectivity index (χ2n) is 5.00. The van der Waals surface area contributed by atoms with E-state index < -0.39 is 0 Å². The zero-order chi connectivity index (χ0) is 14.7. The van der Waals surface area contributed by atoms with Gasteiger partial charge in [0.2, 0.25) is 0 Å². The molecule has 108 valence electrons. The summed E-state index contributed by atoms with van der Waals surface area (Å²) in [6, 6.07) is 4.35. The molecule has 0 aliphatic carbocycles. The van der Waals surface area contributed by atoms with Gasteiger partial charge >= 0.3 is 0 Å². The molecule has 2 heterocycles. The number of aryl methyl sites for hydroxylation is 3. The lowest BCUT2D eigenvalue weighted by Gasteiger charge is -2.16. The fourth-order valence-corrected chi connectivity index (χ4v) is 2.30. The van der Waals surface area contributed by atoms with Gasteiger partial charge in [-0.1, -0.05) is 11.6 Å². The number of nitrogens with zero attached hydrogens (tertiary/aromatic N) is 3. The monoisotopic (exact) mass is 294 g/mol. The average Bonchev–Trinajstić information content (AvgIpc) is 2.83. The molecule has 0 aliphatic rings. The molecule has 0 radical (unpaired) electrons. The van der Waals surface area contributed by atoms with E-state index in [0.29, 0.717) is 5.69 Å². The molecule has 0 aliphatic heterocycles. The van der Waals surface area contributed by atoms with Crippen molar-refractivity contribution in [2.45, 2.75) is 25.8 Å². The van der Waals surface area contributed by atoms with Gasteiger partial charge in [-0.05, 0) is 31.9 Å². The molecule has 2 aromatic heterocycles. The van der Waals surface area contributed by atoms with Crippen LogP contribution in [0.15, 0.2) is 29.3 Å². The van der Waals surface area contributed by atoms with Crippen LogP contribution in [0.5, 0.6) is 0 Å². The summed E-state index contributed by atoms with van der Waals surface area (Å²) in [7, 11) is 3.62. The number of hydrogen-bond acceptors (Lipinski definition) is 3. The Hall–Kier alpha value is -1.75. The summed E-state index contributed by atoms with van der Waals surface area (Å²) < 4.78 is 3.33. The number of aromatic nitrogens is 3. The Kier molecular flexibility index (Phi) is 4.49. The van der Waals surface area contributed by atoms with E-state index in [1.807, 2.05) is 19.3 Å². The van der Waals surface area contributed by atoms with Gasteiger partial charge in [-0.2, -0.15) is 5.10 Å². The van der Waals surface area contributed by atoms with Crippen molar-refractivity contribution in [3.8, 4) is 0 Å². The fourth-order valence-electron chi connectivity index (χ4n) is 2.07. The van der Waals surface area contributed by atoms with Gasteiger partial charge in [0.15, 0.2) is 0 Å². The minimum absolute atomic E-state index is 0.188. The average molecular weight is 295 g/mol. The van der Waals surface area contributed by atoms with Crippen molar-refractivity contribution >= 4 is 17.3 Å². The Morgan fingerprint density at radius 3 is 2.85 bits per heavy atom. The van der Waals surface area contributed by atoms with Crippen LogP contribution in [0.25, 0.3) is 0 Å². The first-order valence-corrected chi connectivity index (χ1v) is 6.95. The molecule has 1 atom stereocenters. The van der Waals surface area contributed by atoms with Crippen LogP contribution in [0, 0.1) is 0 Å². The van der Waals surface area contributed by atoms with Crippen LogP contribution in [0.2, 0.25) is 5.02 Å². The first-order chi connectivity index (χ1) is 9.49. The predicted octanol–water partition coefficient (Wildman–Crippen LogP) is 2.21. The fraction of sp³-hybridized carbons (Fsp3) is 0.429. The minimum atomic E-state index is -0.286. The highest BCUT2D eigenvalue weighted by Gasteiger charge is 2.10. The molecule has 5 nitrogen and oxygen atoms in total. The molecule has 2 aromatic rings. The molecule has 0 aromatic carbocycles. The Labute approximate surface area is 123 Å². The summed E-state index contributed by atoms with van der Waals surface area (Å²) >= 11 is 6.03. The van der Waals surface area contributed by atoms with Gasteiger partial charge in [0.1, 0.15) is 5.02 Å². The number of nitrogens with one attached hydrogen (secondary N) is 1. The maximum atomic E-state index is 11.7. The zero-order valence-corrected chi connectivity index (χ0v) is 12.7. The Bertz CT molecular complexity index is 647. The van der Waals surface area contributed by atoms with Crippen LogP contribution in [-0.2, 0) is 20.5 Å². The summed E-state index contributed by atoms with van der Waals surface area (Å²) in [5.41, 5.74) is 1.59. The largest absolute Gasteiger partial charge is 0.380 e. The smallest absolute Gasteiger partial charge is 0.287 e. The predicted molar refractivity (Wildman–Crippen MR) is 81.3 cm³/mol. The number of rotatable bonds is 5. The number of hydrogen-bond donors (Lipinski definition) is 1. The van der Waals surface area contributed by atoms with Crippen molar-refractivity contribution < 1.29 is 0 Å². The van der Waals surface area contributed by atoms with E-state index in [9.17, 15) is 4.79 Å². The molecule has 0 spiro atoms. The Balaban J connectivity index is 1.98. The van der Waals surface area contributed by atoms with E-state index in [-0.39, 0.29) is 16.6 Å². The molecule has 0 fully saturated rings. The van der Waals surface area contributed by atoms with Crippen molar-refractivity contribution in [3.63, 3.8) is 0 Å². The highest BCUT2D eigenvalue weighted by atomic mass is 35.5. The van der Waals surface area contributed by atoms with Crippen LogP contribution in [0.1, 0.15) is 19.0 Å². The number of halogens is 1. The van der Waals surface area contributed by atoms with E-state index in [0.717, 1.165) is 12.8 Å². The Morgan fingerprint density at radius 2 is 2.20 bits per heavy atom. The van der Waals surface area contributed by atoms with Crippen molar-refractivity contribution in [1.82, 2.24) is 14.3 Å². The third kappa shape index (κ3) is 3.22. The highest BCUT2D eigenvalue weighted by molar-refractivity contribution is 6.32. The molecule has 0 saturated heterocycles. The van der Waals surface area contributed by atoms with Gasteiger partial charge in [0.25, 0.3) is 5.56 Å². The molecule has 1 N–H and O–H groups in total. The van der Waals surface area contributed by atoms with Gasteiger partial charge in [-0.25, -0.2) is 4.68 Å². The van der Waals surface area contributed by atoms with E-state index in [4.69, 9.17) is 11.6 Å².